The second-order valence-corrected chi connectivity index (χ2v) is 6.01. The molecule has 1 saturated heterocycles. The van der Waals surface area contributed by atoms with Crippen LogP contribution in [0.25, 0.3) is 5.65 Å². The summed E-state index contributed by atoms with van der Waals surface area (Å²) >= 11 is 0. The highest BCUT2D eigenvalue weighted by Gasteiger charge is 2.25. The van der Waals surface area contributed by atoms with Crippen LogP contribution in [0, 0.1) is 0 Å². The van der Waals surface area contributed by atoms with Crippen LogP contribution in [0.1, 0.15) is 18.5 Å². The summed E-state index contributed by atoms with van der Waals surface area (Å²) < 4.78 is 3.56. The second-order valence-electron chi connectivity index (χ2n) is 6.01. The Labute approximate surface area is 134 Å². The Balaban J connectivity index is 1.56. The third-order valence-electron chi connectivity index (χ3n) is 4.45. The van der Waals surface area contributed by atoms with Crippen LogP contribution in [-0.2, 0) is 13.1 Å². The summed E-state index contributed by atoms with van der Waals surface area (Å²) in [4.78, 5) is 19.2. The van der Waals surface area contributed by atoms with Crippen molar-refractivity contribution in [2.75, 3.05) is 6.54 Å². The molecule has 0 aliphatic carbocycles. The van der Waals surface area contributed by atoms with Gasteiger partial charge >= 0.3 is 0 Å². The monoisotopic (exact) mass is 309 g/mol. The highest BCUT2D eigenvalue weighted by Crippen LogP contribution is 2.20. The van der Waals surface area contributed by atoms with Crippen LogP contribution >= 0.6 is 0 Å². The van der Waals surface area contributed by atoms with Gasteiger partial charge in [0.1, 0.15) is 5.65 Å². The van der Waals surface area contributed by atoms with Crippen molar-refractivity contribution in [2.24, 2.45) is 0 Å². The fraction of sp³-hybridized carbons (Fsp3) is 0.353. The van der Waals surface area contributed by atoms with Crippen LogP contribution in [0.5, 0.6) is 0 Å². The van der Waals surface area contributed by atoms with Crippen LogP contribution in [0.4, 0.5) is 0 Å². The molecule has 0 saturated carbocycles. The fourth-order valence-electron chi connectivity index (χ4n) is 3.33. The summed E-state index contributed by atoms with van der Waals surface area (Å²) in [5, 5.41) is 4.30. The lowest BCUT2D eigenvalue weighted by atomic mass is 10.2. The minimum absolute atomic E-state index is 0.0200. The van der Waals surface area contributed by atoms with Crippen molar-refractivity contribution in [3.8, 4) is 0 Å². The molecule has 0 unspecified atom stereocenters. The first kappa shape index (κ1) is 14.1. The number of hydrogen-bond donors (Lipinski definition) is 0. The van der Waals surface area contributed by atoms with Gasteiger partial charge in [-0.3, -0.25) is 18.8 Å². The average molecular weight is 309 g/mol. The lowest BCUT2D eigenvalue weighted by molar-refractivity contribution is 0.217. The molecule has 3 aromatic heterocycles. The van der Waals surface area contributed by atoms with Gasteiger partial charge in [-0.05, 0) is 37.6 Å². The highest BCUT2D eigenvalue weighted by atomic mass is 16.1. The Morgan fingerprint density at radius 3 is 3.04 bits per heavy atom. The van der Waals surface area contributed by atoms with E-state index in [4.69, 9.17) is 0 Å². The van der Waals surface area contributed by atoms with Crippen molar-refractivity contribution in [1.29, 1.82) is 0 Å². The highest BCUT2D eigenvalue weighted by molar-refractivity contribution is 5.38. The minimum atomic E-state index is -0.0200. The van der Waals surface area contributed by atoms with Crippen LogP contribution in [0.15, 0.2) is 53.7 Å². The number of nitrogens with zero attached hydrogens (tertiary/aromatic N) is 5. The number of hydrogen-bond acceptors (Lipinski definition) is 4. The standard InChI is InChI=1S/C17H19N5O/c23-17-11-14(19-16-6-1-2-10-22(16)17)12-20-8-3-5-15(20)13-21-9-4-7-18-21/h1-2,4,6-7,9-11,15H,3,5,8,12-13H2/t15-/m1/s1. The van der Waals surface area contributed by atoms with E-state index in [2.05, 4.69) is 15.0 Å². The predicted molar refractivity (Wildman–Crippen MR) is 87.1 cm³/mol. The van der Waals surface area contributed by atoms with E-state index in [1.54, 1.807) is 16.7 Å². The van der Waals surface area contributed by atoms with Gasteiger partial charge < -0.3 is 0 Å². The summed E-state index contributed by atoms with van der Waals surface area (Å²) in [6.45, 7) is 2.65. The Bertz CT molecular complexity index is 855. The van der Waals surface area contributed by atoms with E-state index < -0.39 is 0 Å². The SMILES string of the molecule is O=c1cc(CN2CCC[C@@H]2Cn2cccn2)nc2ccccn12. The van der Waals surface area contributed by atoms with E-state index in [1.165, 1.54) is 6.42 Å². The summed E-state index contributed by atoms with van der Waals surface area (Å²) in [5.74, 6) is 0. The van der Waals surface area contributed by atoms with Gasteiger partial charge in [-0.1, -0.05) is 6.07 Å². The van der Waals surface area contributed by atoms with Crippen LogP contribution < -0.4 is 5.56 Å². The van der Waals surface area contributed by atoms with Crippen LogP contribution in [0.2, 0.25) is 0 Å². The number of fused-ring (bicyclic) bond motifs is 1. The van der Waals surface area contributed by atoms with E-state index >= 15 is 0 Å². The zero-order chi connectivity index (χ0) is 15.6. The number of aromatic nitrogens is 4. The minimum Gasteiger partial charge on any atom is -0.293 e. The molecule has 6 nitrogen and oxygen atoms in total. The van der Waals surface area contributed by atoms with Crippen molar-refractivity contribution in [1.82, 2.24) is 24.1 Å². The van der Waals surface area contributed by atoms with Gasteiger partial charge in [0, 0.05) is 37.2 Å². The first-order valence-electron chi connectivity index (χ1n) is 7.98. The first-order chi connectivity index (χ1) is 11.3. The van der Waals surface area contributed by atoms with Crippen LogP contribution in [-0.4, -0.2) is 36.7 Å². The molecular formula is C17H19N5O. The molecule has 1 atom stereocenters. The Morgan fingerprint density at radius 2 is 2.17 bits per heavy atom. The van der Waals surface area contributed by atoms with Crippen molar-refractivity contribution >= 4 is 5.65 Å². The lowest BCUT2D eigenvalue weighted by Crippen LogP contribution is -2.33. The van der Waals surface area contributed by atoms with Crippen molar-refractivity contribution in [2.45, 2.75) is 32.0 Å². The summed E-state index contributed by atoms with van der Waals surface area (Å²) in [7, 11) is 0. The van der Waals surface area contributed by atoms with Gasteiger partial charge in [-0.15, -0.1) is 0 Å². The molecule has 0 spiro atoms. The normalized spacial score (nSPS) is 18.7. The Kier molecular flexibility index (Phi) is 3.67. The van der Waals surface area contributed by atoms with Gasteiger partial charge in [0.25, 0.3) is 5.56 Å². The molecular weight excluding hydrogens is 290 g/mol. The molecule has 1 fully saturated rings. The molecule has 4 heterocycles. The smallest absolute Gasteiger partial charge is 0.258 e. The molecule has 0 N–H and O–H groups in total. The van der Waals surface area contributed by atoms with Crippen LogP contribution in [0.3, 0.4) is 0 Å². The molecule has 0 amide bonds. The predicted octanol–water partition coefficient (Wildman–Crippen LogP) is 1.56. The van der Waals surface area contributed by atoms with Gasteiger partial charge in [0.05, 0.1) is 12.2 Å². The van der Waals surface area contributed by atoms with Crippen molar-refractivity contribution < 1.29 is 0 Å². The van der Waals surface area contributed by atoms with E-state index in [9.17, 15) is 4.79 Å². The van der Waals surface area contributed by atoms with Crippen molar-refractivity contribution in [3.05, 3.63) is 65.0 Å². The summed E-state index contributed by atoms with van der Waals surface area (Å²) in [6.07, 6.45) is 7.90. The quantitative estimate of drug-likeness (QED) is 0.734. The average Bonchev–Trinajstić information content (AvgIpc) is 3.21. The van der Waals surface area contributed by atoms with E-state index in [0.717, 1.165) is 25.2 Å². The summed E-state index contributed by atoms with van der Waals surface area (Å²) in [6, 6.07) is 9.67. The third-order valence-corrected chi connectivity index (χ3v) is 4.45. The number of likely N-dealkylation sites (tertiary alicyclic amines) is 1. The molecule has 0 bridgehead atoms. The number of pyridine rings is 1. The van der Waals surface area contributed by atoms with Gasteiger partial charge in [-0.2, -0.15) is 5.10 Å². The fourth-order valence-corrected chi connectivity index (χ4v) is 3.33. The zero-order valence-electron chi connectivity index (χ0n) is 12.9. The summed E-state index contributed by atoms with van der Waals surface area (Å²) in [5.41, 5.74) is 1.53. The van der Waals surface area contributed by atoms with Gasteiger partial charge in [0.15, 0.2) is 0 Å². The third kappa shape index (κ3) is 2.90. The topological polar surface area (TPSA) is 55.4 Å². The van der Waals surface area contributed by atoms with Gasteiger partial charge in [0.2, 0.25) is 0 Å². The molecule has 6 heteroatoms. The van der Waals surface area contributed by atoms with E-state index in [1.807, 2.05) is 41.3 Å². The zero-order valence-corrected chi connectivity index (χ0v) is 12.9. The molecule has 23 heavy (non-hydrogen) atoms. The van der Waals surface area contributed by atoms with Gasteiger partial charge in [-0.25, -0.2) is 4.98 Å². The molecule has 1 aliphatic heterocycles. The molecule has 0 aromatic carbocycles. The molecule has 1 aliphatic rings. The lowest BCUT2D eigenvalue weighted by Gasteiger charge is -2.24. The number of rotatable bonds is 4. The maximum absolute atomic E-state index is 12.2. The van der Waals surface area contributed by atoms with Crippen molar-refractivity contribution in [3.63, 3.8) is 0 Å². The molecule has 0 radical (unpaired) electrons. The second kappa shape index (κ2) is 5.96. The molecule has 118 valence electrons. The maximum Gasteiger partial charge on any atom is 0.258 e. The van der Waals surface area contributed by atoms with E-state index in [-0.39, 0.29) is 5.56 Å². The first-order valence-corrected chi connectivity index (χ1v) is 7.98. The molecule has 3 aromatic rings. The molecule has 4 rings (SSSR count). The Morgan fingerprint density at radius 1 is 1.22 bits per heavy atom. The van der Waals surface area contributed by atoms with E-state index in [0.29, 0.717) is 18.2 Å². The Hall–Kier alpha value is -2.47. The maximum atomic E-state index is 12.2. The largest absolute Gasteiger partial charge is 0.293 e.